The zero-order chi connectivity index (χ0) is 13.5. The van der Waals surface area contributed by atoms with Crippen LogP contribution in [0.1, 0.15) is 4.88 Å². The molecule has 0 spiro atoms. The molecule has 19 heavy (non-hydrogen) atoms. The Morgan fingerprint density at radius 3 is 2.84 bits per heavy atom. The van der Waals surface area contributed by atoms with Crippen molar-refractivity contribution in [1.82, 2.24) is 5.43 Å². The minimum atomic E-state index is -0.317. The van der Waals surface area contributed by atoms with Gasteiger partial charge in [-0.05, 0) is 35.7 Å². The highest BCUT2D eigenvalue weighted by molar-refractivity contribution is 7.11. The molecule has 1 aromatic heterocycles. The number of halogens is 1. The number of rotatable bonds is 5. The minimum Gasteiger partial charge on any atom is -0.484 e. The van der Waals surface area contributed by atoms with E-state index in [0.717, 1.165) is 4.88 Å². The van der Waals surface area contributed by atoms with Crippen molar-refractivity contribution in [1.29, 1.82) is 0 Å². The normalized spacial score (nSPS) is 10.6. The number of ether oxygens (including phenoxy) is 1. The number of nitrogens with zero attached hydrogens (tertiary/aromatic N) is 1. The molecular weight excluding hydrogens is 284 g/mol. The molecule has 0 saturated carbocycles. The smallest absolute Gasteiger partial charge is 0.277 e. The number of carbonyl (C=O) groups excluding carboxylic acids is 1. The largest absolute Gasteiger partial charge is 0.484 e. The van der Waals surface area contributed by atoms with Gasteiger partial charge in [-0.25, -0.2) is 5.43 Å². The van der Waals surface area contributed by atoms with Gasteiger partial charge >= 0.3 is 0 Å². The van der Waals surface area contributed by atoms with Crippen LogP contribution in [-0.4, -0.2) is 18.7 Å². The molecule has 0 aliphatic heterocycles. The van der Waals surface area contributed by atoms with E-state index in [1.54, 1.807) is 41.8 Å². The molecule has 0 saturated heterocycles. The molecule has 0 aliphatic rings. The van der Waals surface area contributed by atoms with Crippen LogP contribution in [-0.2, 0) is 4.79 Å². The first-order valence-corrected chi connectivity index (χ1v) is 6.73. The predicted molar refractivity (Wildman–Crippen MR) is 77.0 cm³/mol. The number of hydrogen-bond acceptors (Lipinski definition) is 4. The Morgan fingerprint density at radius 1 is 1.37 bits per heavy atom. The molecule has 1 N–H and O–H groups in total. The fourth-order valence-corrected chi connectivity index (χ4v) is 1.96. The van der Waals surface area contributed by atoms with Crippen molar-refractivity contribution in [2.75, 3.05) is 6.61 Å². The van der Waals surface area contributed by atoms with Crippen molar-refractivity contribution in [3.8, 4) is 5.75 Å². The number of carbonyl (C=O) groups is 1. The standard InChI is InChI=1S/C13H11ClN2O2S/c14-10-3-5-11(6-4-10)18-9-13(17)16-15-8-12-2-1-7-19-12/h1-8H,9H2,(H,16,17)/b15-8+. The van der Waals surface area contributed by atoms with E-state index < -0.39 is 0 Å². The summed E-state index contributed by atoms with van der Waals surface area (Å²) >= 11 is 7.28. The average molecular weight is 295 g/mol. The van der Waals surface area contributed by atoms with E-state index in [4.69, 9.17) is 16.3 Å². The Labute approximate surface area is 119 Å². The van der Waals surface area contributed by atoms with Gasteiger partial charge in [0.2, 0.25) is 0 Å². The number of hydrazone groups is 1. The number of nitrogens with one attached hydrogen (secondary N) is 1. The highest BCUT2D eigenvalue weighted by atomic mass is 35.5. The first-order chi connectivity index (χ1) is 9.24. The van der Waals surface area contributed by atoms with E-state index in [1.165, 1.54) is 0 Å². The molecule has 1 aromatic carbocycles. The number of hydrogen-bond donors (Lipinski definition) is 1. The third-order valence-electron chi connectivity index (χ3n) is 2.11. The predicted octanol–water partition coefficient (Wildman–Crippen LogP) is 2.93. The number of amides is 1. The first-order valence-electron chi connectivity index (χ1n) is 5.48. The van der Waals surface area contributed by atoms with Gasteiger partial charge < -0.3 is 4.74 Å². The number of thiophene rings is 1. The molecule has 2 rings (SSSR count). The van der Waals surface area contributed by atoms with Crippen LogP contribution >= 0.6 is 22.9 Å². The van der Waals surface area contributed by atoms with Crippen LogP contribution in [0.4, 0.5) is 0 Å². The van der Waals surface area contributed by atoms with Crippen LogP contribution in [0.25, 0.3) is 0 Å². The summed E-state index contributed by atoms with van der Waals surface area (Å²) < 4.78 is 5.27. The van der Waals surface area contributed by atoms with Gasteiger partial charge in [-0.2, -0.15) is 5.10 Å². The molecule has 0 fully saturated rings. The van der Waals surface area contributed by atoms with Crippen LogP contribution < -0.4 is 10.2 Å². The second-order valence-electron chi connectivity index (χ2n) is 3.55. The molecule has 4 nitrogen and oxygen atoms in total. The summed E-state index contributed by atoms with van der Waals surface area (Å²) in [4.78, 5) is 12.4. The third-order valence-corrected chi connectivity index (χ3v) is 3.17. The van der Waals surface area contributed by atoms with E-state index in [-0.39, 0.29) is 12.5 Å². The summed E-state index contributed by atoms with van der Waals surface area (Å²) in [7, 11) is 0. The zero-order valence-electron chi connectivity index (χ0n) is 9.88. The Kier molecular flexibility index (Phi) is 4.94. The highest BCUT2D eigenvalue weighted by Crippen LogP contribution is 2.15. The highest BCUT2D eigenvalue weighted by Gasteiger charge is 2.01. The van der Waals surface area contributed by atoms with Gasteiger partial charge in [-0.15, -0.1) is 11.3 Å². The third kappa shape index (κ3) is 4.73. The van der Waals surface area contributed by atoms with Crippen LogP contribution in [0.15, 0.2) is 46.9 Å². The monoisotopic (exact) mass is 294 g/mol. The van der Waals surface area contributed by atoms with Crippen molar-refractivity contribution in [2.24, 2.45) is 5.10 Å². The molecule has 0 radical (unpaired) electrons. The second-order valence-corrected chi connectivity index (χ2v) is 4.97. The van der Waals surface area contributed by atoms with E-state index in [2.05, 4.69) is 10.5 Å². The van der Waals surface area contributed by atoms with Gasteiger partial charge in [0.15, 0.2) is 6.61 Å². The van der Waals surface area contributed by atoms with Crippen molar-refractivity contribution in [3.63, 3.8) is 0 Å². The molecule has 6 heteroatoms. The summed E-state index contributed by atoms with van der Waals surface area (Å²) in [5, 5.41) is 6.38. The van der Waals surface area contributed by atoms with E-state index >= 15 is 0 Å². The Morgan fingerprint density at radius 2 is 2.16 bits per heavy atom. The summed E-state index contributed by atoms with van der Waals surface area (Å²) in [6, 6.07) is 10.6. The van der Waals surface area contributed by atoms with Gasteiger partial charge in [0, 0.05) is 9.90 Å². The first kappa shape index (κ1) is 13.6. The Bertz CT molecular complexity index is 553. The van der Waals surface area contributed by atoms with Crippen molar-refractivity contribution < 1.29 is 9.53 Å². The second kappa shape index (κ2) is 6.92. The fraction of sp³-hybridized carbons (Fsp3) is 0.0769. The Hall–Kier alpha value is -1.85. The summed E-state index contributed by atoms with van der Waals surface area (Å²) in [6.07, 6.45) is 1.59. The molecule has 1 heterocycles. The maximum Gasteiger partial charge on any atom is 0.277 e. The molecule has 0 atom stereocenters. The molecule has 0 unspecified atom stereocenters. The van der Waals surface area contributed by atoms with Gasteiger partial charge in [0.1, 0.15) is 5.75 Å². The molecule has 2 aromatic rings. The lowest BCUT2D eigenvalue weighted by Gasteiger charge is -2.04. The molecule has 0 bridgehead atoms. The van der Waals surface area contributed by atoms with E-state index in [0.29, 0.717) is 10.8 Å². The van der Waals surface area contributed by atoms with Gasteiger partial charge in [-0.1, -0.05) is 17.7 Å². The molecule has 0 aliphatic carbocycles. The van der Waals surface area contributed by atoms with Gasteiger partial charge in [0.25, 0.3) is 5.91 Å². The van der Waals surface area contributed by atoms with Crippen LogP contribution in [0.3, 0.4) is 0 Å². The Balaban J connectivity index is 1.74. The van der Waals surface area contributed by atoms with Crippen molar-refractivity contribution >= 4 is 35.1 Å². The van der Waals surface area contributed by atoms with E-state index in [9.17, 15) is 4.79 Å². The van der Waals surface area contributed by atoms with Crippen molar-refractivity contribution in [2.45, 2.75) is 0 Å². The SMILES string of the molecule is O=C(COc1ccc(Cl)cc1)N/N=C/c1cccs1. The maximum absolute atomic E-state index is 11.4. The average Bonchev–Trinajstić information content (AvgIpc) is 2.91. The van der Waals surface area contributed by atoms with Crippen molar-refractivity contribution in [3.05, 3.63) is 51.7 Å². The fourth-order valence-electron chi connectivity index (χ4n) is 1.24. The topological polar surface area (TPSA) is 50.7 Å². The quantitative estimate of drug-likeness (QED) is 0.681. The van der Waals surface area contributed by atoms with Gasteiger partial charge in [-0.3, -0.25) is 4.79 Å². The molecule has 98 valence electrons. The summed E-state index contributed by atoms with van der Waals surface area (Å²) in [6.45, 7) is -0.0938. The number of benzene rings is 1. The van der Waals surface area contributed by atoms with Crippen LogP contribution in [0.5, 0.6) is 5.75 Å². The summed E-state index contributed by atoms with van der Waals surface area (Å²) in [5.41, 5.74) is 2.39. The molecule has 1 amide bonds. The van der Waals surface area contributed by atoms with Crippen LogP contribution in [0.2, 0.25) is 5.02 Å². The molecular formula is C13H11ClN2O2S. The van der Waals surface area contributed by atoms with E-state index in [1.807, 2.05) is 17.5 Å². The lowest BCUT2D eigenvalue weighted by atomic mass is 10.3. The van der Waals surface area contributed by atoms with Gasteiger partial charge in [0.05, 0.1) is 6.21 Å². The van der Waals surface area contributed by atoms with Crippen LogP contribution in [0, 0.1) is 0 Å². The maximum atomic E-state index is 11.4. The minimum absolute atomic E-state index is 0.0938. The lowest BCUT2D eigenvalue weighted by molar-refractivity contribution is -0.123. The zero-order valence-corrected chi connectivity index (χ0v) is 11.4. The summed E-state index contributed by atoms with van der Waals surface area (Å²) in [5.74, 6) is 0.268. The lowest BCUT2D eigenvalue weighted by Crippen LogP contribution is -2.24.